The SMILES string of the molecule is CC(NC(=O)c1ccc(NCCC2=CCCCC2)nn1)c1ccccc1. The summed E-state index contributed by atoms with van der Waals surface area (Å²) < 4.78 is 0. The van der Waals surface area contributed by atoms with Crippen molar-refractivity contribution in [3.05, 3.63) is 65.4 Å². The van der Waals surface area contributed by atoms with E-state index in [4.69, 9.17) is 0 Å². The van der Waals surface area contributed by atoms with Crippen LogP contribution in [0.1, 0.15) is 61.1 Å². The molecular formula is C21H26N4O. The molecule has 0 bridgehead atoms. The molecule has 136 valence electrons. The highest BCUT2D eigenvalue weighted by Crippen LogP contribution is 2.20. The van der Waals surface area contributed by atoms with E-state index in [-0.39, 0.29) is 11.9 Å². The Balaban J connectivity index is 1.48. The predicted octanol–water partition coefficient (Wildman–Crippen LogP) is 4.27. The van der Waals surface area contributed by atoms with Gasteiger partial charge in [-0.2, -0.15) is 0 Å². The average molecular weight is 350 g/mol. The Bertz CT molecular complexity index is 740. The zero-order valence-corrected chi connectivity index (χ0v) is 15.2. The number of carbonyl (C=O) groups excluding carboxylic acids is 1. The molecule has 0 radical (unpaired) electrons. The summed E-state index contributed by atoms with van der Waals surface area (Å²) in [5.41, 5.74) is 2.92. The van der Waals surface area contributed by atoms with Gasteiger partial charge in [0.05, 0.1) is 6.04 Å². The largest absolute Gasteiger partial charge is 0.368 e. The fourth-order valence-corrected chi connectivity index (χ4v) is 3.13. The summed E-state index contributed by atoms with van der Waals surface area (Å²) in [6, 6.07) is 13.3. The van der Waals surface area contributed by atoms with Crippen LogP contribution in [0.3, 0.4) is 0 Å². The molecule has 0 spiro atoms. The Morgan fingerprint density at radius 1 is 1.12 bits per heavy atom. The molecule has 2 aromatic rings. The monoisotopic (exact) mass is 350 g/mol. The standard InChI is InChI=1S/C21H26N4O/c1-16(18-10-6-3-7-11-18)23-21(26)19-12-13-20(25-24-19)22-15-14-17-8-4-2-5-9-17/h3,6-8,10-13,16H,2,4-5,9,14-15H2,1H3,(H,22,25)(H,23,26). The second-order valence-electron chi connectivity index (χ2n) is 6.69. The number of hydrogen-bond acceptors (Lipinski definition) is 4. The van der Waals surface area contributed by atoms with E-state index in [9.17, 15) is 4.79 Å². The van der Waals surface area contributed by atoms with Crippen LogP contribution in [0.25, 0.3) is 0 Å². The van der Waals surface area contributed by atoms with Crippen LogP contribution in [0.15, 0.2) is 54.1 Å². The second kappa shape index (κ2) is 9.13. The van der Waals surface area contributed by atoms with Gasteiger partial charge >= 0.3 is 0 Å². The van der Waals surface area contributed by atoms with Gasteiger partial charge in [0.15, 0.2) is 5.69 Å². The summed E-state index contributed by atoms with van der Waals surface area (Å²) >= 11 is 0. The summed E-state index contributed by atoms with van der Waals surface area (Å²) in [7, 11) is 0. The number of hydrogen-bond donors (Lipinski definition) is 2. The third-order valence-electron chi connectivity index (χ3n) is 4.68. The van der Waals surface area contributed by atoms with E-state index in [0.717, 1.165) is 18.5 Å². The maximum atomic E-state index is 12.3. The first-order chi connectivity index (χ1) is 12.7. The molecule has 1 amide bonds. The molecule has 26 heavy (non-hydrogen) atoms. The minimum atomic E-state index is -0.215. The molecule has 0 saturated heterocycles. The third-order valence-corrected chi connectivity index (χ3v) is 4.68. The van der Waals surface area contributed by atoms with Crippen molar-refractivity contribution >= 4 is 11.7 Å². The molecule has 1 aromatic carbocycles. The summed E-state index contributed by atoms with van der Waals surface area (Å²) in [5.74, 6) is 0.488. The molecule has 1 aliphatic carbocycles. The molecule has 1 aliphatic rings. The minimum Gasteiger partial charge on any atom is -0.368 e. The number of nitrogens with zero attached hydrogens (tertiary/aromatic N) is 2. The quantitative estimate of drug-likeness (QED) is 0.732. The lowest BCUT2D eigenvalue weighted by Gasteiger charge is -2.14. The molecule has 0 saturated carbocycles. The lowest BCUT2D eigenvalue weighted by atomic mass is 9.97. The van der Waals surface area contributed by atoms with Crippen LogP contribution in [0, 0.1) is 0 Å². The fraction of sp³-hybridized carbons (Fsp3) is 0.381. The summed E-state index contributed by atoms with van der Waals surface area (Å²) in [4.78, 5) is 12.3. The van der Waals surface area contributed by atoms with Gasteiger partial charge in [-0.05, 0) is 56.7 Å². The molecular weight excluding hydrogens is 324 g/mol. The number of benzene rings is 1. The van der Waals surface area contributed by atoms with Crippen molar-refractivity contribution in [2.24, 2.45) is 0 Å². The molecule has 2 N–H and O–H groups in total. The van der Waals surface area contributed by atoms with Crippen molar-refractivity contribution in [3.63, 3.8) is 0 Å². The van der Waals surface area contributed by atoms with Crippen LogP contribution in [0.2, 0.25) is 0 Å². The van der Waals surface area contributed by atoms with Gasteiger partial charge in [-0.1, -0.05) is 42.0 Å². The van der Waals surface area contributed by atoms with Gasteiger partial charge in [0.1, 0.15) is 5.82 Å². The van der Waals surface area contributed by atoms with Gasteiger partial charge in [0, 0.05) is 6.54 Å². The Hall–Kier alpha value is -2.69. The van der Waals surface area contributed by atoms with Crippen molar-refractivity contribution in [2.75, 3.05) is 11.9 Å². The zero-order valence-electron chi connectivity index (χ0n) is 15.2. The number of rotatable bonds is 7. The number of carbonyl (C=O) groups is 1. The second-order valence-corrected chi connectivity index (χ2v) is 6.69. The predicted molar refractivity (Wildman–Crippen MR) is 104 cm³/mol. The van der Waals surface area contributed by atoms with Crippen LogP contribution in [0.4, 0.5) is 5.82 Å². The van der Waals surface area contributed by atoms with Gasteiger partial charge in [-0.15, -0.1) is 10.2 Å². The molecule has 1 aromatic heterocycles. The van der Waals surface area contributed by atoms with Crippen molar-refractivity contribution in [1.29, 1.82) is 0 Å². The molecule has 3 rings (SSSR count). The van der Waals surface area contributed by atoms with E-state index >= 15 is 0 Å². The molecule has 1 heterocycles. The Labute approximate surface area is 154 Å². The van der Waals surface area contributed by atoms with E-state index in [0.29, 0.717) is 11.5 Å². The van der Waals surface area contributed by atoms with Crippen molar-refractivity contribution in [1.82, 2.24) is 15.5 Å². The Morgan fingerprint density at radius 3 is 2.65 bits per heavy atom. The number of allylic oxidation sites excluding steroid dienone is 1. The highest BCUT2D eigenvalue weighted by molar-refractivity contribution is 5.92. The minimum absolute atomic E-state index is 0.0768. The number of amides is 1. The molecule has 0 aliphatic heterocycles. The summed E-state index contributed by atoms with van der Waals surface area (Å²) in [5, 5.41) is 14.4. The first-order valence-electron chi connectivity index (χ1n) is 9.33. The van der Waals surface area contributed by atoms with Gasteiger partial charge < -0.3 is 10.6 Å². The topological polar surface area (TPSA) is 66.9 Å². The lowest BCUT2D eigenvalue weighted by Crippen LogP contribution is -2.27. The molecule has 1 unspecified atom stereocenters. The molecule has 5 heteroatoms. The van der Waals surface area contributed by atoms with Crippen LogP contribution in [-0.2, 0) is 0 Å². The molecule has 0 fully saturated rings. The summed E-state index contributed by atoms with van der Waals surface area (Å²) in [6.07, 6.45) is 8.44. The maximum Gasteiger partial charge on any atom is 0.272 e. The van der Waals surface area contributed by atoms with Crippen LogP contribution < -0.4 is 10.6 Å². The van der Waals surface area contributed by atoms with Crippen LogP contribution >= 0.6 is 0 Å². The number of aromatic nitrogens is 2. The Kier molecular flexibility index (Phi) is 6.36. The molecule has 5 nitrogen and oxygen atoms in total. The highest BCUT2D eigenvalue weighted by atomic mass is 16.2. The van der Waals surface area contributed by atoms with Crippen molar-refractivity contribution in [3.8, 4) is 0 Å². The smallest absolute Gasteiger partial charge is 0.272 e. The van der Waals surface area contributed by atoms with Gasteiger partial charge in [-0.3, -0.25) is 4.79 Å². The average Bonchev–Trinajstić information content (AvgIpc) is 2.70. The van der Waals surface area contributed by atoms with Crippen LogP contribution in [-0.4, -0.2) is 22.6 Å². The zero-order chi connectivity index (χ0) is 18.2. The van der Waals surface area contributed by atoms with Crippen LogP contribution in [0.5, 0.6) is 0 Å². The molecule has 1 atom stereocenters. The first-order valence-corrected chi connectivity index (χ1v) is 9.33. The number of nitrogens with one attached hydrogen (secondary N) is 2. The highest BCUT2D eigenvalue weighted by Gasteiger charge is 2.13. The van der Waals surface area contributed by atoms with E-state index in [1.165, 1.54) is 31.3 Å². The van der Waals surface area contributed by atoms with E-state index in [2.05, 4.69) is 26.9 Å². The normalized spacial score (nSPS) is 15.0. The van der Waals surface area contributed by atoms with E-state index in [1.807, 2.05) is 43.3 Å². The van der Waals surface area contributed by atoms with E-state index < -0.39 is 0 Å². The van der Waals surface area contributed by atoms with Crippen molar-refractivity contribution < 1.29 is 4.79 Å². The summed E-state index contributed by atoms with van der Waals surface area (Å²) in [6.45, 7) is 2.80. The Morgan fingerprint density at radius 2 is 1.96 bits per heavy atom. The van der Waals surface area contributed by atoms with Gasteiger partial charge in [0.2, 0.25) is 0 Å². The van der Waals surface area contributed by atoms with Gasteiger partial charge in [0.25, 0.3) is 5.91 Å². The van der Waals surface area contributed by atoms with Gasteiger partial charge in [-0.25, -0.2) is 0 Å². The fourth-order valence-electron chi connectivity index (χ4n) is 3.13. The van der Waals surface area contributed by atoms with E-state index in [1.54, 1.807) is 6.07 Å². The van der Waals surface area contributed by atoms with Crippen molar-refractivity contribution in [2.45, 2.75) is 45.1 Å². The lowest BCUT2D eigenvalue weighted by molar-refractivity contribution is 0.0934. The third kappa shape index (κ3) is 5.15. The first kappa shape index (κ1) is 18.1. The number of anilines is 1. The maximum absolute atomic E-state index is 12.3.